The van der Waals surface area contributed by atoms with E-state index >= 15 is 0 Å². The van der Waals surface area contributed by atoms with E-state index in [9.17, 15) is 27.4 Å². The first-order valence-electron chi connectivity index (χ1n) is 11.7. The number of thioether (sulfide) groups is 1. The van der Waals surface area contributed by atoms with Crippen LogP contribution in [0.1, 0.15) is 41.3 Å². The van der Waals surface area contributed by atoms with Crippen LogP contribution in [0.15, 0.2) is 29.2 Å². The third kappa shape index (κ3) is 5.34. The highest BCUT2D eigenvalue weighted by Crippen LogP contribution is 2.59. The van der Waals surface area contributed by atoms with E-state index in [2.05, 4.69) is 67.8 Å². The number of esters is 3. The molecule has 0 radical (unpaired) electrons. The Kier molecular flexibility index (Phi) is 8.29. The van der Waals surface area contributed by atoms with Crippen LogP contribution in [0.25, 0.3) is 0 Å². The molecule has 9 nitrogen and oxygen atoms in total. The van der Waals surface area contributed by atoms with Crippen LogP contribution < -0.4 is 4.74 Å². The first-order chi connectivity index (χ1) is 18.2. The minimum atomic E-state index is -4.74. The largest absolute Gasteiger partial charge is 0.744 e. The van der Waals surface area contributed by atoms with Gasteiger partial charge >= 0.3 is 17.9 Å². The number of aryl methyl sites for hydroxylation is 1. The van der Waals surface area contributed by atoms with E-state index in [4.69, 9.17) is 14.2 Å². The molecule has 3 saturated heterocycles. The van der Waals surface area contributed by atoms with Crippen LogP contribution in [-0.4, -0.2) is 53.6 Å². The average molecular weight is 909 g/mol. The zero-order chi connectivity index (χ0) is 28.5. The van der Waals surface area contributed by atoms with Crippen molar-refractivity contribution < 1.29 is 41.6 Å². The highest BCUT2D eigenvalue weighted by atomic mass is 127. The van der Waals surface area contributed by atoms with Crippen LogP contribution in [-0.2, 0) is 29.2 Å². The zero-order valence-electron chi connectivity index (χ0n) is 20.5. The molecule has 0 N–H and O–H groups in total. The summed E-state index contributed by atoms with van der Waals surface area (Å²) in [6, 6.07) is 6.25. The summed E-state index contributed by atoms with van der Waals surface area (Å²) >= 11 is 7.73. The highest BCUT2D eigenvalue weighted by molar-refractivity contribution is 14.1. The van der Waals surface area contributed by atoms with Gasteiger partial charge in [-0.25, -0.2) is 13.2 Å². The van der Waals surface area contributed by atoms with Crippen LogP contribution in [0.2, 0.25) is 0 Å². The Bertz CT molecular complexity index is 1530. The normalized spacial score (nSPS) is 27.1. The molecule has 2 bridgehead atoms. The summed E-state index contributed by atoms with van der Waals surface area (Å²) in [6.07, 6.45) is -1.49. The fourth-order valence-corrected chi connectivity index (χ4v) is 10.5. The van der Waals surface area contributed by atoms with E-state index in [1.807, 2.05) is 6.07 Å². The molecule has 0 aromatic heterocycles. The third-order valence-corrected chi connectivity index (χ3v) is 13.4. The van der Waals surface area contributed by atoms with Gasteiger partial charge in [-0.15, -0.1) is 11.8 Å². The fourth-order valence-electron chi connectivity index (χ4n) is 5.26. The van der Waals surface area contributed by atoms with Gasteiger partial charge in [0.25, 0.3) is 0 Å². The third-order valence-electron chi connectivity index (χ3n) is 7.04. The minimum Gasteiger partial charge on any atom is -0.744 e. The predicted octanol–water partition coefficient (Wildman–Crippen LogP) is 4.62. The molecule has 2 aromatic carbocycles. The van der Waals surface area contributed by atoms with Crippen LogP contribution in [0.4, 0.5) is 0 Å². The Morgan fingerprint density at radius 2 is 1.79 bits per heavy atom. The highest BCUT2D eigenvalue weighted by Gasteiger charge is 2.71. The van der Waals surface area contributed by atoms with Crippen LogP contribution in [0, 0.1) is 29.5 Å². The Morgan fingerprint density at radius 1 is 1.10 bits per heavy atom. The van der Waals surface area contributed by atoms with Crippen molar-refractivity contribution in [3.63, 3.8) is 0 Å². The molecule has 0 amide bonds. The van der Waals surface area contributed by atoms with Crippen LogP contribution in [0.3, 0.4) is 0 Å². The summed E-state index contributed by atoms with van der Waals surface area (Å²) in [5.74, 6) is -3.70. The molecule has 6 atom stereocenters. The van der Waals surface area contributed by atoms with Gasteiger partial charge in [0.2, 0.25) is 0 Å². The molecule has 2 aromatic rings. The van der Waals surface area contributed by atoms with Crippen molar-refractivity contribution in [3.05, 3.63) is 51.7 Å². The molecule has 39 heavy (non-hydrogen) atoms. The molecule has 5 rings (SSSR count). The van der Waals surface area contributed by atoms with Gasteiger partial charge < -0.3 is 18.8 Å². The Balaban J connectivity index is 1.43. The number of halogens is 3. The molecule has 0 saturated carbocycles. The van der Waals surface area contributed by atoms with Gasteiger partial charge in [0.15, 0.2) is 12.2 Å². The van der Waals surface area contributed by atoms with Crippen molar-refractivity contribution in [2.45, 2.75) is 54.3 Å². The Hall–Kier alpha value is -0.700. The molecule has 3 aliphatic rings. The lowest BCUT2D eigenvalue weighted by atomic mass is 9.78. The van der Waals surface area contributed by atoms with Crippen molar-refractivity contribution in [2.24, 2.45) is 11.8 Å². The molecule has 0 aliphatic carbocycles. The summed E-state index contributed by atoms with van der Waals surface area (Å²) in [5, 5.41) is -0.910. The van der Waals surface area contributed by atoms with Crippen LogP contribution >= 0.6 is 79.5 Å². The lowest BCUT2D eigenvalue weighted by Gasteiger charge is -2.29. The van der Waals surface area contributed by atoms with Crippen LogP contribution in [0.5, 0.6) is 5.75 Å². The number of hydrogen-bond donors (Lipinski definition) is 0. The van der Waals surface area contributed by atoms with E-state index in [-0.39, 0.29) is 32.9 Å². The summed E-state index contributed by atoms with van der Waals surface area (Å²) in [6.45, 7) is 4.98. The predicted molar refractivity (Wildman–Crippen MR) is 165 cm³/mol. The molecule has 3 aliphatic heterocycles. The second kappa shape index (κ2) is 10.9. The maximum Gasteiger partial charge on any atom is 0.339 e. The number of carbonyl (C=O) groups is 3. The maximum absolute atomic E-state index is 13.5. The van der Waals surface area contributed by atoms with Gasteiger partial charge in [-0.2, -0.15) is 0 Å². The topological polar surface area (TPSA) is 136 Å². The number of hydrogen-bond acceptors (Lipinski definition) is 10. The molecule has 3 fully saturated rings. The number of carbonyl (C=O) groups excluding carboxylic acids is 3. The van der Waals surface area contributed by atoms with E-state index < -0.39 is 57.3 Å². The van der Waals surface area contributed by atoms with Crippen molar-refractivity contribution in [3.8, 4) is 5.75 Å². The minimum absolute atomic E-state index is 0.100. The first kappa shape index (κ1) is 29.8. The van der Waals surface area contributed by atoms with Gasteiger partial charge in [0.05, 0.1) is 32.8 Å². The monoisotopic (exact) mass is 909 g/mol. The summed E-state index contributed by atoms with van der Waals surface area (Å²) in [5.41, 5.74) is 0.912. The maximum atomic E-state index is 13.5. The molecular weight excluding hydrogens is 889 g/mol. The summed E-state index contributed by atoms with van der Waals surface area (Å²) in [4.78, 5) is 39.2. The van der Waals surface area contributed by atoms with Crippen molar-refractivity contribution in [1.29, 1.82) is 0 Å². The van der Waals surface area contributed by atoms with E-state index in [0.29, 0.717) is 5.56 Å². The zero-order valence-corrected chi connectivity index (χ0v) is 28.6. The van der Waals surface area contributed by atoms with Gasteiger partial charge in [0.1, 0.15) is 15.9 Å². The molecule has 208 valence electrons. The molecule has 6 unspecified atom stereocenters. The van der Waals surface area contributed by atoms with Gasteiger partial charge in [-0.1, -0.05) is 13.8 Å². The molecular formula is C25H20I3O9S2-. The van der Waals surface area contributed by atoms with E-state index in [1.54, 1.807) is 19.9 Å². The molecule has 3 heterocycles. The van der Waals surface area contributed by atoms with Crippen molar-refractivity contribution >= 4 is 108 Å². The number of benzene rings is 2. The van der Waals surface area contributed by atoms with E-state index in [1.165, 1.54) is 30.8 Å². The van der Waals surface area contributed by atoms with Crippen molar-refractivity contribution in [1.82, 2.24) is 0 Å². The van der Waals surface area contributed by atoms with Gasteiger partial charge in [-0.3, -0.25) is 9.59 Å². The smallest absolute Gasteiger partial charge is 0.339 e. The lowest BCUT2D eigenvalue weighted by Crippen LogP contribution is -2.48. The SMILES string of the molecule is Cc1cc(S(=O)(=O)[O-])c(C(C)C)cc1OC(=O)C1C2SC3C(OC(=O)C31)C2OC(=O)c1cc(I)cc(I)c1I. The van der Waals surface area contributed by atoms with Gasteiger partial charge in [-0.05, 0) is 116 Å². The number of ether oxygens (including phenoxy) is 3. The molecule has 14 heteroatoms. The standard InChI is InChI=1S/C25H21I3O9S2/c1-8(2)11-7-14(9(3)4-15(11)39(32,33)34)35-24(30)16-17-22-20(37-25(17)31)19(21(16)38-22)36-23(29)12-5-10(26)6-13(27)18(12)28/h4-8,16-17,19-22H,1-3H3,(H,32,33,34)/p-1. The van der Waals surface area contributed by atoms with Crippen molar-refractivity contribution in [2.75, 3.05) is 0 Å². The average Bonchev–Trinajstić information content (AvgIpc) is 3.45. The number of rotatable bonds is 6. The Morgan fingerprint density at radius 3 is 2.44 bits per heavy atom. The second-order valence-electron chi connectivity index (χ2n) is 9.82. The van der Waals surface area contributed by atoms with Gasteiger partial charge in [0, 0.05) is 10.7 Å². The number of fused-ring (bicyclic) bond motifs is 1. The summed E-state index contributed by atoms with van der Waals surface area (Å²) < 4.78 is 55.1. The lowest BCUT2D eigenvalue weighted by molar-refractivity contribution is -0.149. The Labute approximate surface area is 270 Å². The first-order valence-corrected chi connectivity index (χ1v) is 17.3. The fraction of sp³-hybridized carbons (Fsp3) is 0.400. The summed E-state index contributed by atoms with van der Waals surface area (Å²) in [7, 11) is -4.74. The van der Waals surface area contributed by atoms with E-state index in [0.717, 1.165) is 10.7 Å². The molecule has 0 spiro atoms. The quantitative estimate of drug-likeness (QED) is 0.133. The second-order valence-corrected chi connectivity index (χ2v) is 16.0.